The predicted molar refractivity (Wildman–Crippen MR) is 139 cm³/mol. The number of halogens is 2. The highest BCUT2D eigenvalue weighted by Crippen LogP contribution is 2.42. The maximum Gasteiger partial charge on any atom is 0.221 e. The van der Waals surface area contributed by atoms with Gasteiger partial charge < -0.3 is 20.1 Å². The average molecular weight is 506 g/mol. The molecule has 4 aromatic rings. The van der Waals surface area contributed by atoms with E-state index >= 15 is 0 Å². The molecule has 2 atom stereocenters. The molecule has 0 radical (unpaired) electrons. The first-order valence-corrected chi connectivity index (χ1v) is 11.7. The van der Waals surface area contributed by atoms with Crippen LogP contribution in [0.15, 0.2) is 85.2 Å². The van der Waals surface area contributed by atoms with E-state index in [1.54, 1.807) is 18.3 Å². The van der Waals surface area contributed by atoms with Gasteiger partial charge in [-0.15, -0.1) is 0 Å². The first-order valence-electron chi connectivity index (χ1n) is 10.9. The summed E-state index contributed by atoms with van der Waals surface area (Å²) >= 11 is 11.9. The Balaban J connectivity index is 1.62. The largest absolute Gasteiger partial charge is 0.351 e. The molecule has 1 aliphatic heterocycles. The van der Waals surface area contributed by atoms with Gasteiger partial charge in [-0.25, -0.2) is 4.39 Å². The number of nitrogens with zero attached hydrogens (tertiary/aromatic N) is 3. The third kappa shape index (κ3) is 4.50. The Kier molecular flexibility index (Phi) is 6.23. The SMILES string of the molecule is CC(=O)Nc1ccc(N2C(=S)N[C@H](c3ccccn3)[C@@H]2c2cccn2-c2ccc(F)c(Cl)c2)cc1. The topological polar surface area (TPSA) is 62.2 Å². The smallest absolute Gasteiger partial charge is 0.221 e. The summed E-state index contributed by atoms with van der Waals surface area (Å²) in [5, 5.41) is 6.81. The number of benzene rings is 2. The highest BCUT2D eigenvalue weighted by molar-refractivity contribution is 7.80. The molecule has 0 saturated carbocycles. The molecule has 2 aromatic heterocycles. The Bertz CT molecular complexity index is 1390. The van der Waals surface area contributed by atoms with Crippen LogP contribution < -0.4 is 15.5 Å². The van der Waals surface area contributed by atoms with Crippen LogP contribution >= 0.6 is 23.8 Å². The second-order valence-electron chi connectivity index (χ2n) is 8.13. The maximum absolute atomic E-state index is 13.9. The quantitative estimate of drug-likeness (QED) is 0.336. The Morgan fingerprint density at radius 1 is 1.09 bits per heavy atom. The van der Waals surface area contributed by atoms with Crippen molar-refractivity contribution in [2.24, 2.45) is 0 Å². The highest BCUT2D eigenvalue weighted by Gasteiger charge is 2.42. The van der Waals surface area contributed by atoms with E-state index in [9.17, 15) is 9.18 Å². The van der Waals surface area contributed by atoms with Gasteiger partial charge in [0.1, 0.15) is 11.9 Å². The van der Waals surface area contributed by atoms with Crippen LogP contribution in [-0.4, -0.2) is 20.6 Å². The second-order valence-corrected chi connectivity index (χ2v) is 8.92. The third-order valence-corrected chi connectivity index (χ3v) is 6.43. The van der Waals surface area contributed by atoms with Crippen molar-refractivity contribution in [2.45, 2.75) is 19.0 Å². The summed E-state index contributed by atoms with van der Waals surface area (Å²) in [6.07, 6.45) is 3.66. The average Bonchev–Trinajstić information content (AvgIpc) is 3.46. The van der Waals surface area contributed by atoms with Gasteiger partial charge in [-0.2, -0.15) is 0 Å². The van der Waals surface area contributed by atoms with Gasteiger partial charge in [-0.3, -0.25) is 9.78 Å². The van der Waals surface area contributed by atoms with Gasteiger partial charge >= 0.3 is 0 Å². The van der Waals surface area contributed by atoms with Gasteiger partial charge in [0.05, 0.1) is 16.8 Å². The predicted octanol–water partition coefficient (Wildman–Crippen LogP) is 5.80. The fraction of sp³-hybridized carbons (Fsp3) is 0.115. The van der Waals surface area contributed by atoms with Crippen molar-refractivity contribution in [1.29, 1.82) is 0 Å². The lowest BCUT2D eigenvalue weighted by molar-refractivity contribution is -0.114. The lowest BCUT2D eigenvalue weighted by atomic mass is 10.0. The van der Waals surface area contributed by atoms with Gasteiger partial charge in [0.15, 0.2) is 5.11 Å². The molecule has 5 rings (SSSR count). The van der Waals surface area contributed by atoms with E-state index in [4.69, 9.17) is 23.8 Å². The Morgan fingerprint density at radius 2 is 1.86 bits per heavy atom. The molecule has 1 aliphatic rings. The lowest BCUT2D eigenvalue weighted by Gasteiger charge is -2.29. The molecule has 1 saturated heterocycles. The number of amides is 1. The minimum atomic E-state index is -0.472. The number of pyridine rings is 1. The normalized spacial score (nSPS) is 17.3. The van der Waals surface area contributed by atoms with Crippen molar-refractivity contribution >= 4 is 46.2 Å². The molecule has 2 aromatic carbocycles. The number of hydrogen-bond donors (Lipinski definition) is 2. The number of thiocarbonyl (C=S) groups is 1. The standard InChI is InChI=1S/C26H21ClFN5OS/c1-16(34)30-17-7-9-18(10-8-17)33-25(24(31-26(33)35)22-5-2-3-13-29-22)23-6-4-14-32(23)19-11-12-21(28)20(27)15-19/h2-15,24-25H,1H3,(H,30,34)(H,31,35)/t24-,25+/m1/s1. The van der Waals surface area contributed by atoms with E-state index < -0.39 is 5.82 Å². The first kappa shape index (κ1) is 23.0. The van der Waals surface area contributed by atoms with Crippen LogP contribution in [0, 0.1) is 5.82 Å². The number of carbonyl (C=O) groups is 1. The van der Waals surface area contributed by atoms with Gasteiger partial charge in [0, 0.05) is 42.1 Å². The van der Waals surface area contributed by atoms with Crippen LogP contribution in [-0.2, 0) is 4.79 Å². The van der Waals surface area contributed by atoms with Crippen molar-refractivity contribution in [3.63, 3.8) is 0 Å². The van der Waals surface area contributed by atoms with Gasteiger partial charge in [-0.05, 0) is 78.9 Å². The van der Waals surface area contributed by atoms with Crippen molar-refractivity contribution in [2.75, 3.05) is 10.2 Å². The minimum absolute atomic E-state index is 0.0499. The molecule has 3 heterocycles. The molecule has 1 amide bonds. The van der Waals surface area contributed by atoms with E-state index in [2.05, 4.69) is 15.6 Å². The number of anilines is 2. The summed E-state index contributed by atoms with van der Waals surface area (Å²) in [4.78, 5) is 18.0. The summed E-state index contributed by atoms with van der Waals surface area (Å²) in [6, 6.07) is 21.3. The molecular formula is C26H21ClFN5OS. The van der Waals surface area contributed by atoms with Crippen LogP contribution in [0.4, 0.5) is 15.8 Å². The number of rotatable bonds is 5. The fourth-order valence-corrected chi connectivity index (χ4v) is 4.87. The first-order chi connectivity index (χ1) is 16.9. The zero-order valence-corrected chi connectivity index (χ0v) is 20.2. The zero-order valence-electron chi connectivity index (χ0n) is 18.7. The monoisotopic (exact) mass is 505 g/mol. The van der Waals surface area contributed by atoms with E-state index in [0.29, 0.717) is 10.8 Å². The Morgan fingerprint density at radius 3 is 2.54 bits per heavy atom. The second kappa shape index (κ2) is 9.48. The fourth-order valence-electron chi connectivity index (χ4n) is 4.35. The van der Waals surface area contributed by atoms with Crippen LogP contribution in [0.1, 0.15) is 30.4 Å². The molecule has 0 bridgehead atoms. The van der Waals surface area contributed by atoms with E-state index in [1.807, 2.05) is 70.3 Å². The highest BCUT2D eigenvalue weighted by atomic mass is 35.5. The summed E-state index contributed by atoms with van der Waals surface area (Å²) in [5.74, 6) is -0.611. The minimum Gasteiger partial charge on any atom is -0.351 e. The van der Waals surface area contributed by atoms with Crippen LogP contribution in [0.5, 0.6) is 0 Å². The maximum atomic E-state index is 13.9. The van der Waals surface area contributed by atoms with Crippen LogP contribution in [0.25, 0.3) is 5.69 Å². The molecule has 1 fully saturated rings. The molecule has 6 nitrogen and oxygen atoms in total. The number of nitrogens with one attached hydrogen (secondary N) is 2. The molecule has 35 heavy (non-hydrogen) atoms. The van der Waals surface area contributed by atoms with E-state index in [-0.39, 0.29) is 23.0 Å². The Labute approximate surface area is 212 Å². The molecule has 2 N–H and O–H groups in total. The van der Waals surface area contributed by atoms with Gasteiger partial charge in [0.2, 0.25) is 5.91 Å². The molecule has 0 spiro atoms. The van der Waals surface area contributed by atoms with Crippen molar-refractivity contribution < 1.29 is 9.18 Å². The summed E-state index contributed by atoms with van der Waals surface area (Å²) in [5.41, 5.74) is 4.03. The zero-order chi connectivity index (χ0) is 24.5. The molecule has 0 unspecified atom stereocenters. The van der Waals surface area contributed by atoms with Crippen LogP contribution in [0.2, 0.25) is 5.02 Å². The van der Waals surface area contributed by atoms with E-state index in [1.165, 1.54) is 13.0 Å². The summed E-state index contributed by atoms with van der Waals surface area (Å²) in [7, 11) is 0. The van der Waals surface area contributed by atoms with Gasteiger partial charge in [0.25, 0.3) is 0 Å². The summed E-state index contributed by atoms with van der Waals surface area (Å²) in [6.45, 7) is 1.47. The number of aromatic nitrogens is 2. The van der Waals surface area contributed by atoms with E-state index in [0.717, 1.165) is 22.8 Å². The number of carbonyl (C=O) groups excluding carboxylic acids is 1. The molecular weight excluding hydrogens is 485 g/mol. The van der Waals surface area contributed by atoms with Crippen LogP contribution in [0.3, 0.4) is 0 Å². The van der Waals surface area contributed by atoms with Crippen molar-refractivity contribution in [3.8, 4) is 5.69 Å². The summed E-state index contributed by atoms with van der Waals surface area (Å²) < 4.78 is 15.8. The molecule has 9 heteroatoms. The van der Waals surface area contributed by atoms with Crippen molar-refractivity contribution in [1.82, 2.24) is 14.9 Å². The lowest BCUT2D eigenvalue weighted by Crippen LogP contribution is -2.30. The van der Waals surface area contributed by atoms with Crippen molar-refractivity contribution in [3.05, 3.63) is 107 Å². The Hall–Kier alpha value is -3.75. The van der Waals surface area contributed by atoms with Gasteiger partial charge in [-0.1, -0.05) is 17.7 Å². The number of hydrogen-bond acceptors (Lipinski definition) is 3. The molecule has 176 valence electrons. The molecule has 0 aliphatic carbocycles. The third-order valence-electron chi connectivity index (χ3n) is 5.83.